The Labute approximate surface area is 232 Å². The van der Waals surface area contributed by atoms with E-state index in [0.717, 1.165) is 57.6 Å². The van der Waals surface area contributed by atoms with Gasteiger partial charge in [-0.25, -0.2) is 18.6 Å². The van der Waals surface area contributed by atoms with Crippen LogP contribution in [-0.4, -0.2) is 57.5 Å². The summed E-state index contributed by atoms with van der Waals surface area (Å²) in [5.41, 5.74) is 3.41. The van der Waals surface area contributed by atoms with Crippen LogP contribution in [0.2, 0.25) is 0 Å². The highest BCUT2D eigenvalue weighted by Gasteiger charge is 2.42. The molecule has 3 aromatic rings. The Bertz CT molecular complexity index is 1460. The highest BCUT2D eigenvalue weighted by Crippen LogP contribution is 2.38. The topological polar surface area (TPSA) is 67.7 Å². The number of rotatable bonds is 7. The van der Waals surface area contributed by atoms with E-state index in [1.807, 2.05) is 4.57 Å². The largest absolute Gasteiger partial charge is 0.464 e. The number of hydrogen-bond acceptors (Lipinski definition) is 5. The number of carbonyl (C=O) groups excluding carboxylic acids is 2. The first-order valence-corrected chi connectivity index (χ1v) is 14.3. The van der Waals surface area contributed by atoms with Crippen LogP contribution in [-0.2, 0) is 29.0 Å². The molecule has 40 heavy (non-hydrogen) atoms. The van der Waals surface area contributed by atoms with E-state index in [1.54, 1.807) is 31.5 Å². The molecule has 6 rings (SSSR count). The molecule has 0 spiro atoms. The second-order valence-electron chi connectivity index (χ2n) is 10.9. The van der Waals surface area contributed by atoms with Crippen LogP contribution >= 0.6 is 0 Å². The molecule has 2 aromatic carbocycles. The van der Waals surface area contributed by atoms with Gasteiger partial charge in [-0.1, -0.05) is 19.1 Å². The number of piperidine rings is 1. The predicted molar refractivity (Wildman–Crippen MR) is 146 cm³/mol. The highest BCUT2D eigenvalue weighted by molar-refractivity contribution is 6.02. The van der Waals surface area contributed by atoms with Gasteiger partial charge in [0.15, 0.2) is 6.04 Å². The molecule has 0 radical (unpaired) electrons. The Kier molecular flexibility index (Phi) is 7.16. The maximum Gasteiger partial charge on any atom is 0.335 e. The number of nitrogens with zero attached hydrogens (tertiary/aromatic N) is 4. The SMILES string of the molecule is CCOC(=O)C(c1ncn2c1CCC2)N1Cc2c(F)cc(-c3ccc(C4CCN(CC)CC4)c(F)c3)cc2C1=O. The number of aromatic nitrogens is 2. The lowest BCUT2D eigenvalue weighted by atomic mass is 9.88. The number of imidazole rings is 1. The molecule has 0 aliphatic carbocycles. The number of fused-ring (bicyclic) bond motifs is 2. The molecule has 1 atom stereocenters. The molecular formula is C31H34F2N4O3. The summed E-state index contributed by atoms with van der Waals surface area (Å²) in [6.07, 6.45) is 5.17. The summed E-state index contributed by atoms with van der Waals surface area (Å²) in [6, 6.07) is 6.93. The number of likely N-dealkylation sites (tertiary alicyclic amines) is 1. The van der Waals surface area contributed by atoms with Crippen LogP contribution in [0.1, 0.15) is 77.9 Å². The van der Waals surface area contributed by atoms with Gasteiger partial charge in [0.2, 0.25) is 0 Å². The lowest BCUT2D eigenvalue weighted by Gasteiger charge is -2.31. The van der Waals surface area contributed by atoms with Crippen molar-refractivity contribution >= 4 is 11.9 Å². The van der Waals surface area contributed by atoms with Gasteiger partial charge in [0, 0.05) is 23.4 Å². The molecule has 9 heteroatoms. The van der Waals surface area contributed by atoms with Gasteiger partial charge in [0.05, 0.1) is 25.2 Å². The molecule has 210 valence electrons. The molecule has 1 saturated heterocycles. The van der Waals surface area contributed by atoms with E-state index in [-0.39, 0.29) is 36.0 Å². The van der Waals surface area contributed by atoms with Crippen molar-refractivity contribution in [1.82, 2.24) is 19.4 Å². The Morgan fingerprint density at radius 1 is 1.07 bits per heavy atom. The van der Waals surface area contributed by atoms with Crippen LogP contribution in [0.4, 0.5) is 8.78 Å². The molecule has 3 aliphatic rings. The molecule has 1 unspecified atom stereocenters. The second kappa shape index (κ2) is 10.8. The van der Waals surface area contributed by atoms with Crippen LogP contribution in [0.25, 0.3) is 11.1 Å². The van der Waals surface area contributed by atoms with Crippen molar-refractivity contribution in [1.29, 1.82) is 0 Å². The first-order valence-electron chi connectivity index (χ1n) is 14.3. The van der Waals surface area contributed by atoms with E-state index < -0.39 is 23.7 Å². The van der Waals surface area contributed by atoms with Crippen molar-refractivity contribution in [3.63, 3.8) is 0 Å². The number of hydrogen-bond donors (Lipinski definition) is 0. The third-order valence-electron chi connectivity index (χ3n) is 8.70. The monoisotopic (exact) mass is 548 g/mol. The number of amides is 1. The van der Waals surface area contributed by atoms with E-state index in [2.05, 4.69) is 16.8 Å². The molecule has 3 aliphatic heterocycles. The summed E-state index contributed by atoms with van der Waals surface area (Å²) in [5, 5.41) is 0. The molecule has 0 bridgehead atoms. The third-order valence-corrected chi connectivity index (χ3v) is 8.70. The highest BCUT2D eigenvalue weighted by atomic mass is 19.1. The van der Waals surface area contributed by atoms with E-state index in [1.165, 1.54) is 17.0 Å². The molecule has 1 fully saturated rings. The van der Waals surface area contributed by atoms with Crippen LogP contribution in [0.15, 0.2) is 36.7 Å². The van der Waals surface area contributed by atoms with E-state index in [9.17, 15) is 9.59 Å². The van der Waals surface area contributed by atoms with E-state index in [4.69, 9.17) is 4.74 Å². The average molecular weight is 549 g/mol. The summed E-state index contributed by atoms with van der Waals surface area (Å²) < 4.78 is 38.1. The fourth-order valence-corrected chi connectivity index (χ4v) is 6.50. The maximum atomic E-state index is 15.5. The van der Waals surface area contributed by atoms with Crippen LogP contribution in [0.3, 0.4) is 0 Å². The van der Waals surface area contributed by atoms with Crippen molar-refractivity contribution in [2.75, 3.05) is 26.2 Å². The van der Waals surface area contributed by atoms with Crippen molar-refractivity contribution in [3.8, 4) is 11.1 Å². The van der Waals surface area contributed by atoms with Gasteiger partial charge < -0.3 is 19.1 Å². The molecule has 0 saturated carbocycles. The Morgan fingerprint density at radius 2 is 1.85 bits per heavy atom. The number of esters is 1. The van der Waals surface area contributed by atoms with Crippen molar-refractivity contribution < 1.29 is 23.1 Å². The zero-order chi connectivity index (χ0) is 28.0. The van der Waals surface area contributed by atoms with Gasteiger partial charge in [0.1, 0.15) is 11.6 Å². The van der Waals surface area contributed by atoms with Crippen LogP contribution < -0.4 is 0 Å². The normalized spacial score (nSPS) is 18.2. The number of ether oxygens (including phenoxy) is 1. The Morgan fingerprint density at radius 3 is 2.58 bits per heavy atom. The van der Waals surface area contributed by atoms with Crippen molar-refractivity contribution in [3.05, 3.63) is 76.4 Å². The van der Waals surface area contributed by atoms with Crippen LogP contribution in [0.5, 0.6) is 0 Å². The lowest BCUT2D eigenvalue weighted by Crippen LogP contribution is -2.36. The summed E-state index contributed by atoms with van der Waals surface area (Å²) in [7, 11) is 0. The first-order chi connectivity index (χ1) is 19.4. The molecule has 7 nitrogen and oxygen atoms in total. The third kappa shape index (κ3) is 4.60. The fourth-order valence-electron chi connectivity index (χ4n) is 6.50. The minimum atomic E-state index is -1.06. The van der Waals surface area contributed by atoms with Gasteiger partial charge in [0.25, 0.3) is 5.91 Å². The Balaban J connectivity index is 1.29. The van der Waals surface area contributed by atoms with Crippen molar-refractivity contribution in [2.45, 2.75) is 64.6 Å². The minimum absolute atomic E-state index is 0.0696. The predicted octanol–water partition coefficient (Wildman–Crippen LogP) is 5.23. The number of aryl methyl sites for hydroxylation is 1. The quantitative estimate of drug-likeness (QED) is 0.378. The zero-order valence-electron chi connectivity index (χ0n) is 23.0. The van der Waals surface area contributed by atoms with Gasteiger partial charge in [-0.15, -0.1) is 0 Å². The molecule has 4 heterocycles. The van der Waals surface area contributed by atoms with Crippen LogP contribution in [0, 0.1) is 11.6 Å². The summed E-state index contributed by atoms with van der Waals surface area (Å²) >= 11 is 0. The van der Waals surface area contributed by atoms with Crippen molar-refractivity contribution in [2.24, 2.45) is 0 Å². The molecule has 0 N–H and O–H groups in total. The summed E-state index contributed by atoms with van der Waals surface area (Å²) in [5.74, 6) is -1.75. The Hall–Kier alpha value is -3.59. The fraction of sp³-hybridized carbons (Fsp3) is 0.452. The van der Waals surface area contributed by atoms with E-state index in [0.29, 0.717) is 22.4 Å². The lowest BCUT2D eigenvalue weighted by molar-refractivity contribution is -0.149. The summed E-state index contributed by atoms with van der Waals surface area (Å²) in [6.45, 7) is 7.62. The van der Waals surface area contributed by atoms with Gasteiger partial charge in [-0.2, -0.15) is 0 Å². The van der Waals surface area contributed by atoms with Gasteiger partial charge in [-0.3, -0.25) is 4.79 Å². The summed E-state index contributed by atoms with van der Waals surface area (Å²) in [4.78, 5) is 35.0. The van der Waals surface area contributed by atoms with Gasteiger partial charge in [-0.05, 0) is 93.0 Å². The minimum Gasteiger partial charge on any atom is -0.464 e. The number of carbonyl (C=O) groups is 2. The first kappa shape index (κ1) is 26.6. The standard InChI is InChI=1S/C31H34F2N4O3/c1-3-35-12-9-19(10-13-35)22-8-7-20(15-25(22)32)21-14-23-24(26(33)16-21)17-37(30(23)38)29(31(39)40-4-2)28-27-6-5-11-36(27)18-34-28/h7-8,14-16,18-19,29H,3-6,9-13,17H2,1-2H3. The van der Waals surface area contributed by atoms with E-state index >= 15 is 8.78 Å². The second-order valence-corrected chi connectivity index (χ2v) is 10.9. The molecule has 1 aromatic heterocycles. The zero-order valence-corrected chi connectivity index (χ0v) is 23.0. The average Bonchev–Trinajstić information content (AvgIpc) is 3.66. The maximum absolute atomic E-state index is 15.5. The molecule has 1 amide bonds. The number of benzene rings is 2. The molecular weight excluding hydrogens is 514 g/mol. The van der Waals surface area contributed by atoms with Gasteiger partial charge >= 0.3 is 5.97 Å². The smallest absolute Gasteiger partial charge is 0.335 e. The number of halogens is 2.